The van der Waals surface area contributed by atoms with Crippen LogP contribution in [0.2, 0.25) is 0 Å². The van der Waals surface area contributed by atoms with Crippen molar-refractivity contribution in [3.05, 3.63) is 23.8 Å². The summed E-state index contributed by atoms with van der Waals surface area (Å²) in [5, 5.41) is 2.01. The molecule has 23 heavy (non-hydrogen) atoms. The maximum Gasteiger partial charge on any atom is 0.422 e. The van der Waals surface area contributed by atoms with E-state index >= 15 is 0 Å². The molecule has 1 aromatic carbocycles. The average molecular weight is 332 g/mol. The maximum atomic E-state index is 12.1. The third kappa shape index (κ3) is 4.51. The minimum atomic E-state index is -4.60. The van der Waals surface area contributed by atoms with E-state index < -0.39 is 31.3 Å². The number of nitrogens with zero attached hydrogens (tertiary/aromatic N) is 1. The Morgan fingerprint density at radius 2 is 2.09 bits per heavy atom. The second-order valence-electron chi connectivity index (χ2n) is 4.83. The molecule has 0 saturated heterocycles. The van der Waals surface area contributed by atoms with Crippen LogP contribution in [0.1, 0.15) is 5.56 Å². The Labute approximate surface area is 130 Å². The lowest BCUT2D eigenvalue weighted by Gasteiger charge is -2.18. The standard InChI is InChI=1S/C14H15F3N2O4/c1-22-10-2-3-11-9(6-10)4-5-19(11)12(20)7-18-13(21)23-8-14(15,16)17/h2-3,6H,4-5,7-8H2,1H3,(H,18,21). The number of alkyl carbamates (subject to hydrolysis) is 1. The predicted octanol–water partition coefficient (Wildman–Crippen LogP) is 1.87. The van der Waals surface area contributed by atoms with Gasteiger partial charge in [-0.3, -0.25) is 4.79 Å². The van der Waals surface area contributed by atoms with E-state index in [4.69, 9.17) is 4.74 Å². The van der Waals surface area contributed by atoms with Gasteiger partial charge in [-0.25, -0.2) is 4.79 Å². The van der Waals surface area contributed by atoms with E-state index in [0.717, 1.165) is 5.56 Å². The van der Waals surface area contributed by atoms with Gasteiger partial charge in [0.2, 0.25) is 5.91 Å². The molecule has 1 N–H and O–H groups in total. The van der Waals surface area contributed by atoms with Gasteiger partial charge in [0.25, 0.3) is 0 Å². The van der Waals surface area contributed by atoms with Crippen LogP contribution in [0.15, 0.2) is 18.2 Å². The maximum absolute atomic E-state index is 12.1. The molecule has 126 valence electrons. The minimum absolute atomic E-state index is 0.431. The lowest BCUT2D eigenvalue weighted by Crippen LogP contribution is -2.40. The molecule has 0 unspecified atom stereocenters. The number of ether oxygens (including phenoxy) is 2. The van der Waals surface area contributed by atoms with Gasteiger partial charge in [-0.15, -0.1) is 0 Å². The van der Waals surface area contributed by atoms with Gasteiger partial charge >= 0.3 is 12.3 Å². The quantitative estimate of drug-likeness (QED) is 0.914. The molecule has 1 aliphatic heterocycles. The van der Waals surface area contributed by atoms with Gasteiger partial charge in [0.15, 0.2) is 6.61 Å². The first kappa shape index (κ1) is 16.9. The summed E-state index contributed by atoms with van der Waals surface area (Å²) < 4.78 is 44.7. The smallest absolute Gasteiger partial charge is 0.422 e. The second kappa shape index (κ2) is 6.76. The molecule has 2 rings (SSSR count). The van der Waals surface area contributed by atoms with E-state index in [1.54, 1.807) is 12.1 Å². The number of carbonyl (C=O) groups excluding carboxylic acids is 2. The molecule has 0 aliphatic carbocycles. The number of halogens is 3. The third-order valence-electron chi connectivity index (χ3n) is 3.23. The molecule has 0 fully saturated rings. The lowest BCUT2D eigenvalue weighted by molar-refractivity contribution is -0.160. The number of rotatable bonds is 4. The molecule has 0 aromatic heterocycles. The minimum Gasteiger partial charge on any atom is -0.497 e. The molecule has 0 bridgehead atoms. The van der Waals surface area contributed by atoms with E-state index in [0.29, 0.717) is 24.4 Å². The topological polar surface area (TPSA) is 67.9 Å². The molecular formula is C14H15F3N2O4. The molecule has 9 heteroatoms. The van der Waals surface area contributed by atoms with Gasteiger partial charge in [0.05, 0.1) is 7.11 Å². The van der Waals surface area contributed by atoms with Gasteiger partial charge in [-0.05, 0) is 30.2 Å². The molecule has 0 atom stereocenters. The van der Waals surface area contributed by atoms with E-state index in [2.05, 4.69) is 4.74 Å². The predicted molar refractivity (Wildman–Crippen MR) is 74.5 cm³/mol. The number of nitrogens with one attached hydrogen (secondary N) is 1. The van der Waals surface area contributed by atoms with Crippen molar-refractivity contribution in [3.8, 4) is 5.75 Å². The Morgan fingerprint density at radius 1 is 1.35 bits per heavy atom. The first-order valence-electron chi connectivity index (χ1n) is 6.75. The van der Waals surface area contributed by atoms with Crippen LogP contribution in [0.5, 0.6) is 5.75 Å². The Kier molecular flexibility index (Phi) is 4.97. The van der Waals surface area contributed by atoms with Gasteiger partial charge in [0, 0.05) is 12.2 Å². The monoisotopic (exact) mass is 332 g/mol. The summed E-state index contributed by atoms with van der Waals surface area (Å²) in [4.78, 5) is 24.6. The van der Waals surface area contributed by atoms with Crippen molar-refractivity contribution < 1.29 is 32.2 Å². The van der Waals surface area contributed by atoms with Crippen molar-refractivity contribution in [1.29, 1.82) is 0 Å². The molecule has 1 aromatic rings. The highest BCUT2D eigenvalue weighted by atomic mass is 19.4. The summed E-state index contributed by atoms with van der Waals surface area (Å²) in [6.07, 6.45) is -5.25. The lowest BCUT2D eigenvalue weighted by atomic mass is 10.1. The number of amides is 2. The normalized spacial score (nSPS) is 13.5. The summed E-state index contributed by atoms with van der Waals surface area (Å²) in [6, 6.07) is 5.24. The summed E-state index contributed by atoms with van der Waals surface area (Å²) in [5.41, 5.74) is 1.62. The highest BCUT2D eigenvalue weighted by Crippen LogP contribution is 2.31. The highest BCUT2D eigenvalue weighted by Gasteiger charge is 2.30. The van der Waals surface area contributed by atoms with Crippen LogP contribution in [0, 0.1) is 0 Å². The molecule has 0 spiro atoms. The van der Waals surface area contributed by atoms with E-state index in [1.807, 2.05) is 11.4 Å². The molecule has 6 nitrogen and oxygen atoms in total. The van der Waals surface area contributed by atoms with Gasteiger partial charge in [-0.2, -0.15) is 13.2 Å². The molecule has 0 radical (unpaired) electrons. The fraction of sp³-hybridized carbons (Fsp3) is 0.429. The first-order valence-corrected chi connectivity index (χ1v) is 6.75. The number of methoxy groups -OCH3 is 1. The van der Waals surface area contributed by atoms with Crippen LogP contribution in [0.4, 0.5) is 23.7 Å². The Bertz CT molecular complexity index is 604. The summed E-state index contributed by atoms with van der Waals surface area (Å²) >= 11 is 0. The van der Waals surface area contributed by atoms with Crippen LogP contribution in [-0.2, 0) is 16.0 Å². The zero-order valence-electron chi connectivity index (χ0n) is 12.3. The number of hydrogen-bond acceptors (Lipinski definition) is 4. The third-order valence-corrected chi connectivity index (χ3v) is 3.23. The fourth-order valence-corrected chi connectivity index (χ4v) is 2.21. The van der Waals surface area contributed by atoms with Crippen molar-refractivity contribution in [1.82, 2.24) is 5.32 Å². The number of benzene rings is 1. The van der Waals surface area contributed by atoms with Crippen LogP contribution < -0.4 is 15.0 Å². The number of hydrogen-bond donors (Lipinski definition) is 1. The molecule has 0 saturated carbocycles. The van der Waals surface area contributed by atoms with Gasteiger partial charge < -0.3 is 19.7 Å². The molecule has 1 aliphatic rings. The van der Waals surface area contributed by atoms with Gasteiger partial charge in [-0.1, -0.05) is 0 Å². The zero-order valence-corrected chi connectivity index (χ0v) is 12.3. The highest BCUT2D eigenvalue weighted by molar-refractivity contribution is 5.98. The summed E-state index contributed by atoms with van der Waals surface area (Å²) in [6.45, 7) is -1.71. The van der Waals surface area contributed by atoms with Crippen LogP contribution in [0.3, 0.4) is 0 Å². The second-order valence-corrected chi connectivity index (χ2v) is 4.83. The van der Waals surface area contributed by atoms with Crippen molar-refractivity contribution in [2.45, 2.75) is 12.6 Å². The van der Waals surface area contributed by atoms with Crippen LogP contribution >= 0.6 is 0 Å². The SMILES string of the molecule is COc1ccc2c(c1)CCN2C(=O)CNC(=O)OCC(F)(F)F. The van der Waals surface area contributed by atoms with E-state index in [9.17, 15) is 22.8 Å². The average Bonchev–Trinajstić information content (AvgIpc) is 2.92. The number of anilines is 1. The van der Waals surface area contributed by atoms with Gasteiger partial charge in [0.1, 0.15) is 12.3 Å². The largest absolute Gasteiger partial charge is 0.497 e. The number of alkyl halides is 3. The van der Waals surface area contributed by atoms with Crippen LogP contribution in [0.25, 0.3) is 0 Å². The van der Waals surface area contributed by atoms with Crippen molar-refractivity contribution in [3.63, 3.8) is 0 Å². The van der Waals surface area contributed by atoms with Crippen molar-refractivity contribution in [2.75, 3.05) is 31.7 Å². The molecule has 1 heterocycles. The first-order chi connectivity index (χ1) is 10.8. The zero-order chi connectivity index (χ0) is 17.0. The van der Waals surface area contributed by atoms with Crippen LogP contribution in [-0.4, -0.2) is 45.0 Å². The van der Waals surface area contributed by atoms with E-state index in [-0.39, 0.29) is 0 Å². The summed E-state index contributed by atoms with van der Waals surface area (Å²) in [5.74, 6) is 0.241. The number of fused-ring (bicyclic) bond motifs is 1. The molecular weight excluding hydrogens is 317 g/mol. The van der Waals surface area contributed by atoms with E-state index in [1.165, 1.54) is 12.0 Å². The molecule has 2 amide bonds. The Balaban J connectivity index is 1.87. The van der Waals surface area contributed by atoms with Crippen molar-refractivity contribution in [2.24, 2.45) is 0 Å². The fourth-order valence-electron chi connectivity index (χ4n) is 2.21. The summed E-state index contributed by atoms with van der Waals surface area (Å²) in [7, 11) is 1.54. The van der Waals surface area contributed by atoms with Crippen molar-refractivity contribution >= 4 is 17.7 Å². The Morgan fingerprint density at radius 3 is 2.74 bits per heavy atom. The number of carbonyl (C=O) groups is 2. The Hall–Kier alpha value is -2.45.